The molecule has 2 fully saturated rings. The Morgan fingerprint density at radius 1 is 1.31 bits per heavy atom. The second-order valence-electron chi connectivity index (χ2n) is 5.06. The van der Waals surface area contributed by atoms with E-state index in [2.05, 4.69) is 17.3 Å². The molecule has 1 N–H and O–H groups in total. The van der Waals surface area contributed by atoms with Crippen molar-refractivity contribution in [2.45, 2.75) is 56.7 Å². The van der Waals surface area contributed by atoms with Crippen LogP contribution in [0.25, 0.3) is 0 Å². The first-order valence-electron chi connectivity index (χ1n) is 6.29. The normalized spacial score (nSPS) is 30.4. The van der Waals surface area contributed by atoms with Gasteiger partial charge in [0.2, 0.25) is 5.91 Å². The van der Waals surface area contributed by atoms with E-state index in [0.717, 1.165) is 12.5 Å². The predicted molar refractivity (Wildman–Crippen MR) is 65.7 cm³/mol. The van der Waals surface area contributed by atoms with E-state index in [-0.39, 0.29) is 11.8 Å². The molecule has 1 amide bonds. The van der Waals surface area contributed by atoms with E-state index >= 15 is 0 Å². The molecule has 0 aromatic rings. The number of halogens is 1. The molecule has 2 aliphatic rings. The zero-order chi connectivity index (χ0) is 11.5. The van der Waals surface area contributed by atoms with E-state index < -0.39 is 0 Å². The third-order valence-corrected chi connectivity index (χ3v) is 4.09. The Balaban J connectivity index is 1.92. The Morgan fingerprint density at radius 2 is 2.00 bits per heavy atom. The van der Waals surface area contributed by atoms with E-state index in [9.17, 15) is 4.79 Å². The van der Waals surface area contributed by atoms with E-state index in [1.165, 1.54) is 32.1 Å². The van der Waals surface area contributed by atoms with Gasteiger partial charge in [0.1, 0.15) is 5.88 Å². The van der Waals surface area contributed by atoms with Crippen LogP contribution >= 0.6 is 11.6 Å². The van der Waals surface area contributed by atoms with Crippen LogP contribution in [0.3, 0.4) is 0 Å². The van der Waals surface area contributed by atoms with Gasteiger partial charge in [0.15, 0.2) is 0 Å². The van der Waals surface area contributed by atoms with Gasteiger partial charge in [0, 0.05) is 18.1 Å². The molecule has 0 heterocycles. The second-order valence-corrected chi connectivity index (χ2v) is 5.32. The smallest absolute Gasteiger partial charge is 0.235 e. The predicted octanol–water partition coefficient (Wildman–Crippen LogP) is 1.75. The van der Waals surface area contributed by atoms with Gasteiger partial charge in [-0.3, -0.25) is 9.69 Å². The molecular weight excluding hydrogens is 224 g/mol. The van der Waals surface area contributed by atoms with Crippen molar-refractivity contribution in [3.05, 3.63) is 0 Å². The number of carbonyl (C=O) groups excluding carboxylic acids is 1. The van der Waals surface area contributed by atoms with E-state index in [1.807, 2.05) is 0 Å². The van der Waals surface area contributed by atoms with Gasteiger partial charge in [-0.05, 0) is 32.7 Å². The van der Waals surface area contributed by atoms with Crippen LogP contribution in [-0.2, 0) is 4.79 Å². The fourth-order valence-corrected chi connectivity index (χ4v) is 2.84. The van der Waals surface area contributed by atoms with Crippen molar-refractivity contribution in [1.82, 2.24) is 10.2 Å². The first kappa shape index (κ1) is 12.2. The average molecular weight is 245 g/mol. The van der Waals surface area contributed by atoms with E-state index in [4.69, 9.17) is 11.6 Å². The number of hydrogen-bond donors (Lipinski definition) is 1. The maximum atomic E-state index is 11.4. The quantitative estimate of drug-likeness (QED) is 0.765. The summed E-state index contributed by atoms with van der Waals surface area (Å²) in [5.74, 6) is 0.0545. The van der Waals surface area contributed by atoms with E-state index in [1.54, 1.807) is 0 Å². The minimum atomic E-state index is -0.0252. The van der Waals surface area contributed by atoms with Crippen LogP contribution in [0.1, 0.15) is 38.5 Å². The summed E-state index contributed by atoms with van der Waals surface area (Å²) in [7, 11) is 2.20. The molecule has 0 bridgehead atoms. The van der Waals surface area contributed by atoms with Gasteiger partial charge < -0.3 is 5.32 Å². The summed E-state index contributed by atoms with van der Waals surface area (Å²) in [5, 5.41) is 3.07. The highest BCUT2D eigenvalue weighted by atomic mass is 35.5. The van der Waals surface area contributed by atoms with Crippen molar-refractivity contribution in [3.8, 4) is 0 Å². The van der Waals surface area contributed by atoms with Crippen molar-refractivity contribution in [1.29, 1.82) is 0 Å². The summed E-state index contributed by atoms with van der Waals surface area (Å²) in [6.45, 7) is 0. The number of nitrogens with zero attached hydrogens (tertiary/aromatic N) is 1. The number of rotatable bonds is 4. The first-order valence-corrected chi connectivity index (χ1v) is 6.83. The molecule has 0 aromatic carbocycles. The summed E-state index contributed by atoms with van der Waals surface area (Å²) < 4.78 is 0. The second kappa shape index (κ2) is 5.37. The highest BCUT2D eigenvalue weighted by molar-refractivity contribution is 6.27. The molecule has 0 aliphatic heterocycles. The molecule has 0 saturated heterocycles. The Morgan fingerprint density at radius 3 is 2.62 bits per heavy atom. The summed E-state index contributed by atoms with van der Waals surface area (Å²) in [6, 6.07) is 1.59. The fourth-order valence-electron chi connectivity index (χ4n) is 2.77. The van der Waals surface area contributed by atoms with Gasteiger partial charge in [-0.2, -0.15) is 0 Å². The third-order valence-electron chi connectivity index (χ3n) is 3.84. The number of likely N-dealkylation sites (N-methyl/N-ethyl adjacent to an activating group) is 1. The number of carbonyl (C=O) groups is 1. The molecule has 2 rings (SSSR count). The summed E-state index contributed by atoms with van der Waals surface area (Å²) in [5.41, 5.74) is 0. The summed E-state index contributed by atoms with van der Waals surface area (Å²) >= 11 is 5.55. The van der Waals surface area contributed by atoms with Crippen LogP contribution in [0.2, 0.25) is 0 Å². The Bertz CT molecular complexity index is 255. The van der Waals surface area contributed by atoms with Crippen LogP contribution in [-0.4, -0.2) is 41.9 Å². The molecule has 2 atom stereocenters. The van der Waals surface area contributed by atoms with Crippen molar-refractivity contribution in [3.63, 3.8) is 0 Å². The van der Waals surface area contributed by atoms with Crippen molar-refractivity contribution < 1.29 is 4.79 Å². The zero-order valence-electron chi connectivity index (χ0n) is 9.92. The lowest BCUT2D eigenvalue weighted by Gasteiger charge is -2.38. The van der Waals surface area contributed by atoms with Crippen molar-refractivity contribution in [2.24, 2.45) is 0 Å². The number of amides is 1. The SMILES string of the molecule is CN(C1CC1)[C@@H]1CCCC[C@@H]1NC(=O)CCl. The number of nitrogens with one attached hydrogen (secondary N) is 1. The molecule has 0 spiro atoms. The van der Waals surface area contributed by atoms with Crippen LogP contribution in [0, 0.1) is 0 Å². The molecule has 3 nitrogen and oxygen atoms in total. The highest BCUT2D eigenvalue weighted by Crippen LogP contribution is 2.32. The average Bonchev–Trinajstić information content (AvgIpc) is 3.12. The largest absolute Gasteiger partial charge is 0.351 e. The molecule has 92 valence electrons. The van der Waals surface area contributed by atoms with Crippen LogP contribution in [0.15, 0.2) is 0 Å². The van der Waals surface area contributed by atoms with Crippen LogP contribution < -0.4 is 5.32 Å². The van der Waals surface area contributed by atoms with Gasteiger partial charge in [-0.15, -0.1) is 11.6 Å². The minimum absolute atomic E-state index is 0.0252. The standard InChI is InChI=1S/C12H21ClN2O/c1-15(9-6-7-9)11-5-3-2-4-10(11)14-12(16)8-13/h9-11H,2-8H2,1H3,(H,14,16)/t10-,11+/m0/s1. The van der Waals surface area contributed by atoms with E-state index in [0.29, 0.717) is 12.1 Å². The molecule has 2 saturated carbocycles. The lowest BCUT2D eigenvalue weighted by Crippen LogP contribution is -2.53. The van der Waals surface area contributed by atoms with Crippen LogP contribution in [0.5, 0.6) is 0 Å². The van der Waals surface area contributed by atoms with Crippen LogP contribution in [0.4, 0.5) is 0 Å². The summed E-state index contributed by atoms with van der Waals surface area (Å²) in [4.78, 5) is 13.8. The third kappa shape index (κ3) is 2.89. The Hall–Kier alpha value is -0.280. The van der Waals surface area contributed by atoms with Gasteiger partial charge in [-0.1, -0.05) is 12.8 Å². The maximum Gasteiger partial charge on any atom is 0.235 e. The molecule has 0 aromatic heterocycles. The topological polar surface area (TPSA) is 32.3 Å². The maximum absolute atomic E-state index is 11.4. The van der Waals surface area contributed by atoms with Gasteiger partial charge in [0.05, 0.1) is 0 Å². The molecule has 16 heavy (non-hydrogen) atoms. The summed E-state index contributed by atoms with van der Waals surface area (Å²) in [6.07, 6.45) is 7.47. The minimum Gasteiger partial charge on any atom is -0.351 e. The lowest BCUT2D eigenvalue weighted by molar-refractivity contribution is -0.120. The number of alkyl halides is 1. The molecule has 2 aliphatic carbocycles. The van der Waals surface area contributed by atoms with Crippen molar-refractivity contribution >= 4 is 17.5 Å². The monoisotopic (exact) mass is 244 g/mol. The molecule has 0 unspecified atom stereocenters. The van der Waals surface area contributed by atoms with Crippen molar-refractivity contribution in [2.75, 3.05) is 12.9 Å². The fraction of sp³-hybridized carbons (Fsp3) is 0.917. The van der Waals surface area contributed by atoms with Gasteiger partial charge in [-0.25, -0.2) is 0 Å². The first-order chi connectivity index (χ1) is 7.72. The van der Waals surface area contributed by atoms with Gasteiger partial charge >= 0.3 is 0 Å². The highest BCUT2D eigenvalue weighted by Gasteiger charge is 2.36. The Labute approximate surface area is 103 Å². The lowest BCUT2D eigenvalue weighted by atomic mass is 9.89. The zero-order valence-corrected chi connectivity index (χ0v) is 10.7. The molecule has 4 heteroatoms. The molecule has 0 radical (unpaired) electrons. The molecular formula is C12H21ClN2O. The number of hydrogen-bond acceptors (Lipinski definition) is 2. The Kier molecular flexibility index (Phi) is 4.09. The van der Waals surface area contributed by atoms with Gasteiger partial charge in [0.25, 0.3) is 0 Å².